The van der Waals surface area contributed by atoms with Crippen LogP contribution in [0.4, 0.5) is 0 Å². The molecule has 0 aromatic carbocycles. The van der Waals surface area contributed by atoms with Crippen LogP contribution in [0, 0.1) is 5.41 Å². The molecule has 0 radical (unpaired) electrons. The Bertz CT molecular complexity index is 216. The third-order valence-electron chi connectivity index (χ3n) is 3.89. The van der Waals surface area contributed by atoms with E-state index in [0.29, 0.717) is 11.5 Å². The van der Waals surface area contributed by atoms with Gasteiger partial charge in [-0.2, -0.15) is 0 Å². The first-order chi connectivity index (χ1) is 7.85. The zero-order valence-corrected chi connectivity index (χ0v) is 11.7. The van der Waals surface area contributed by atoms with Gasteiger partial charge in [0.1, 0.15) is 0 Å². The van der Waals surface area contributed by atoms with Crippen LogP contribution < -0.4 is 5.73 Å². The standard InChI is InChI=1S/C14H29NO2/c1-13(2)8-5-12(6-9-13)17-10-4-7-14(3,15)11-16/h12,16H,4-11,15H2,1-3H3. The first-order valence-corrected chi connectivity index (χ1v) is 6.86. The minimum absolute atomic E-state index is 0.0462. The average Bonchev–Trinajstić information content (AvgIpc) is 2.26. The molecule has 0 spiro atoms. The van der Waals surface area contributed by atoms with Crippen LogP contribution in [0.15, 0.2) is 0 Å². The molecule has 1 aliphatic rings. The van der Waals surface area contributed by atoms with E-state index in [-0.39, 0.29) is 6.61 Å². The van der Waals surface area contributed by atoms with Gasteiger partial charge < -0.3 is 15.6 Å². The molecule has 0 amide bonds. The Morgan fingerprint density at radius 1 is 1.35 bits per heavy atom. The molecule has 0 aromatic rings. The molecule has 102 valence electrons. The van der Waals surface area contributed by atoms with E-state index in [1.54, 1.807) is 0 Å². The van der Waals surface area contributed by atoms with Gasteiger partial charge in [-0.3, -0.25) is 0 Å². The summed E-state index contributed by atoms with van der Waals surface area (Å²) in [6.45, 7) is 7.38. The molecule has 3 heteroatoms. The fraction of sp³-hybridized carbons (Fsp3) is 1.00. The first kappa shape index (κ1) is 14.9. The summed E-state index contributed by atoms with van der Waals surface area (Å²) in [5, 5.41) is 9.03. The van der Waals surface area contributed by atoms with Gasteiger partial charge in [0.2, 0.25) is 0 Å². The quantitative estimate of drug-likeness (QED) is 0.705. The Balaban J connectivity index is 2.08. The number of hydrogen-bond acceptors (Lipinski definition) is 3. The van der Waals surface area contributed by atoms with E-state index in [1.165, 1.54) is 25.7 Å². The van der Waals surface area contributed by atoms with Gasteiger partial charge in [0.05, 0.1) is 12.7 Å². The van der Waals surface area contributed by atoms with E-state index >= 15 is 0 Å². The van der Waals surface area contributed by atoms with Gasteiger partial charge >= 0.3 is 0 Å². The van der Waals surface area contributed by atoms with Crippen LogP contribution in [0.1, 0.15) is 59.3 Å². The van der Waals surface area contributed by atoms with Gasteiger partial charge in [0.15, 0.2) is 0 Å². The fourth-order valence-corrected chi connectivity index (χ4v) is 2.34. The molecule has 1 atom stereocenters. The molecule has 0 aliphatic heterocycles. The molecule has 3 N–H and O–H groups in total. The van der Waals surface area contributed by atoms with E-state index in [9.17, 15) is 0 Å². The van der Waals surface area contributed by atoms with E-state index in [2.05, 4.69) is 13.8 Å². The summed E-state index contributed by atoms with van der Waals surface area (Å²) in [7, 11) is 0. The van der Waals surface area contributed by atoms with Gasteiger partial charge in [-0.25, -0.2) is 0 Å². The second-order valence-corrected chi connectivity index (χ2v) is 6.65. The van der Waals surface area contributed by atoms with Crippen molar-refractivity contribution in [2.24, 2.45) is 11.1 Å². The van der Waals surface area contributed by atoms with Crippen LogP contribution in [0.5, 0.6) is 0 Å². The maximum Gasteiger partial charge on any atom is 0.0608 e. The normalized spacial score (nSPS) is 24.5. The SMILES string of the molecule is CC1(C)CCC(OCCCC(C)(N)CO)CC1. The molecule has 0 aromatic heterocycles. The lowest BCUT2D eigenvalue weighted by Crippen LogP contribution is -2.40. The Labute approximate surface area is 106 Å². The highest BCUT2D eigenvalue weighted by Gasteiger charge is 2.27. The second-order valence-electron chi connectivity index (χ2n) is 6.65. The van der Waals surface area contributed by atoms with Crippen LogP contribution >= 0.6 is 0 Å². The summed E-state index contributed by atoms with van der Waals surface area (Å²) in [5.74, 6) is 0. The van der Waals surface area contributed by atoms with Crippen molar-refractivity contribution in [1.82, 2.24) is 0 Å². The Hall–Kier alpha value is -0.120. The van der Waals surface area contributed by atoms with Crippen molar-refractivity contribution in [3.05, 3.63) is 0 Å². The zero-order valence-electron chi connectivity index (χ0n) is 11.7. The molecule has 1 rings (SSSR count). The highest BCUT2D eigenvalue weighted by atomic mass is 16.5. The smallest absolute Gasteiger partial charge is 0.0608 e. The third kappa shape index (κ3) is 5.84. The molecule has 1 fully saturated rings. The van der Waals surface area contributed by atoms with Crippen molar-refractivity contribution in [3.8, 4) is 0 Å². The van der Waals surface area contributed by atoms with E-state index in [0.717, 1.165) is 19.4 Å². The molecule has 1 aliphatic carbocycles. The number of nitrogens with two attached hydrogens (primary N) is 1. The largest absolute Gasteiger partial charge is 0.394 e. The molecular formula is C14H29NO2. The van der Waals surface area contributed by atoms with Gasteiger partial charge in [0, 0.05) is 12.1 Å². The number of ether oxygens (including phenoxy) is 1. The van der Waals surface area contributed by atoms with Crippen molar-refractivity contribution in [2.45, 2.75) is 70.9 Å². The van der Waals surface area contributed by atoms with Crippen LogP contribution in [0.25, 0.3) is 0 Å². The van der Waals surface area contributed by atoms with Crippen LogP contribution in [0.3, 0.4) is 0 Å². The van der Waals surface area contributed by atoms with E-state index in [4.69, 9.17) is 15.6 Å². The molecule has 0 saturated heterocycles. The number of aliphatic hydroxyl groups excluding tert-OH is 1. The summed E-state index contributed by atoms with van der Waals surface area (Å²) >= 11 is 0. The van der Waals surface area contributed by atoms with Crippen molar-refractivity contribution < 1.29 is 9.84 Å². The lowest BCUT2D eigenvalue weighted by atomic mass is 9.76. The highest BCUT2D eigenvalue weighted by molar-refractivity contribution is 4.79. The molecule has 17 heavy (non-hydrogen) atoms. The molecular weight excluding hydrogens is 214 g/mol. The second kappa shape index (κ2) is 6.17. The van der Waals surface area contributed by atoms with Crippen LogP contribution in [-0.2, 0) is 4.74 Å². The summed E-state index contributed by atoms with van der Waals surface area (Å²) in [6, 6.07) is 0. The summed E-state index contributed by atoms with van der Waals surface area (Å²) in [5.41, 5.74) is 5.93. The van der Waals surface area contributed by atoms with E-state index < -0.39 is 5.54 Å². The van der Waals surface area contributed by atoms with Crippen molar-refractivity contribution >= 4 is 0 Å². The summed E-state index contributed by atoms with van der Waals surface area (Å²) < 4.78 is 5.88. The minimum Gasteiger partial charge on any atom is -0.394 e. The molecule has 0 heterocycles. The highest BCUT2D eigenvalue weighted by Crippen LogP contribution is 2.36. The maximum absolute atomic E-state index is 9.03. The predicted molar refractivity (Wildman–Crippen MR) is 70.9 cm³/mol. The zero-order chi connectivity index (χ0) is 12.9. The number of aliphatic hydroxyl groups is 1. The Morgan fingerprint density at radius 2 is 1.94 bits per heavy atom. The lowest BCUT2D eigenvalue weighted by Gasteiger charge is -2.34. The Kier molecular flexibility index (Phi) is 5.42. The topological polar surface area (TPSA) is 55.5 Å². The molecule has 3 nitrogen and oxygen atoms in total. The van der Waals surface area contributed by atoms with Crippen molar-refractivity contribution in [2.75, 3.05) is 13.2 Å². The fourth-order valence-electron chi connectivity index (χ4n) is 2.34. The molecule has 1 saturated carbocycles. The van der Waals surface area contributed by atoms with E-state index in [1.807, 2.05) is 6.92 Å². The third-order valence-corrected chi connectivity index (χ3v) is 3.89. The monoisotopic (exact) mass is 243 g/mol. The van der Waals surface area contributed by atoms with Crippen LogP contribution in [0.2, 0.25) is 0 Å². The summed E-state index contributed by atoms with van der Waals surface area (Å²) in [6.07, 6.45) is 7.11. The van der Waals surface area contributed by atoms with Gasteiger partial charge in [-0.1, -0.05) is 13.8 Å². The van der Waals surface area contributed by atoms with Crippen molar-refractivity contribution in [3.63, 3.8) is 0 Å². The van der Waals surface area contributed by atoms with Crippen LogP contribution in [-0.4, -0.2) is 30.0 Å². The first-order valence-electron chi connectivity index (χ1n) is 6.86. The maximum atomic E-state index is 9.03. The number of rotatable bonds is 6. The van der Waals surface area contributed by atoms with Crippen molar-refractivity contribution in [1.29, 1.82) is 0 Å². The molecule has 1 unspecified atom stereocenters. The van der Waals surface area contributed by atoms with Gasteiger partial charge in [-0.15, -0.1) is 0 Å². The predicted octanol–water partition coefficient (Wildman–Crippen LogP) is 2.46. The summed E-state index contributed by atoms with van der Waals surface area (Å²) in [4.78, 5) is 0. The minimum atomic E-state index is -0.447. The van der Waals surface area contributed by atoms with Gasteiger partial charge in [0.25, 0.3) is 0 Å². The lowest BCUT2D eigenvalue weighted by molar-refractivity contribution is 0.000671. The van der Waals surface area contributed by atoms with Gasteiger partial charge in [-0.05, 0) is 50.9 Å². The average molecular weight is 243 g/mol. The number of hydrogen-bond donors (Lipinski definition) is 2. The Morgan fingerprint density at radius 3 is 2.47 bits per heavy atom. The molecule has 0 bridgehead atoms.